The molecule has 0 saturated heterocycles. The molecule has 0 spiro atoms. The summed E-state index contributed by atoms with van der Waals surface area (Å²) >= 11 is 0. The number of amides is 1. The summed E-state index contributed by atoms with van der Waals surface area (Å²) in [7, 11) is 0. The van der Waals surface area contributed by atoms with Crippen molar-refractivity contribution >= 4 is 11.7 Å². The maximum Gasteiger partial charge on any atom is 0.225 e. The maximum atomic E-state index is 11.8. The summed E-state index contributed by atoms with van der Waals surface area (Å²) in [6.45, 7) is 2.48. The second-order valence-corrected chi connectivity index (χ2v) is 4.63. The molecular weight excluding hydrogens is 250 g/mol. The van der Waals surface area contributed by atoms with Crippen molar-refractivity contribution < 1.29 is 4.79 Å². The molecule has 1 aromatic heterocycles. The van der Waals surface area contributed by atoms with Gasteiger partial charge in [-0.2, -0.15) is 0 Å². The normalized spacial score (nSPS) is 9.70. The number of carbonyl (C=O) groups is 1. The summed E-state index contributed by atoms with van der Waals surface area (Å²) < 4.78 is 0. The van der Waals surface area contributed by atoms with E-state index in [2.05, 4.69) is 29.1 Å². The van der Waals surface area contributed by atoms with E-state index in [-0.39, 0.29) is 5.91 Å². The quantitative estimate of drug-likeness (QED) is 0.593. The average molecular weight is 273 g/mol. The zero-order valence-corrected chi connectivity index (χ0v) is 12.1. The van der Waals surface area contributed by atoms with Gasteiger partial charge in [0.05, 0.1) is 6.54 Å². The Bertz CT molecular complexity index is 474. The van der Waals surface area contributed by atoms with E-state index in [0.717, 1.165) is 12.8 Å². The van der Waals surface area contributed by atoms with E-state index in [9.17, 15) is 4.79 Å². The molecule has 0 aliphatic carbocycles. The fourth-order valence-corrected chi connectivity index (χ4v) is 1.81. The van der Waals surface area contributed by atoms with Crippen LogP contribution in [0.15, 0.2) is 18.2 Å². The van der Waals surface area contributed by atoms with Gasteiger partial charge in [-0.05, 0) is 24.5 Å². The summed E-state index contributed by atoms with van der Waals surface area (Å²) in [6.07, 6.45) is 6.24. The SMILES string of the molecule is CCCCCCCC(=O)Nc1cccc(C#CCN)n1. The molecule has 0 fully saturated rings. The Morgan fingerprint density at radius 2 is 2.10 bits per heavy atom. The highest BCUT2D eigenvalue weighted by atomic mass is 16.1. The van der Waals surface area contributed by atoms with E-state index < -0.39 is 0 Å². The van der Waals surface area contributed by atoms with Gasteiger partial charge in [0.1, 0.15) is 11.5 Å². The number of anilines is 1. The van der Waals surface area contributed by atoms with Crippen molar-refractivity contribution in [2.75, 3.05) is 11.9 Å². The number of hydrogen-bond donors (Lipinski definition) is 2. The van der Waals surface area contributed by atoms with Crippen molar-refractivity contribution in [3.8, 4) is 11.8 Å². The lowest BCUT2D eigenvalue weighted by molar-refractivity contribution is -0.116. The minimum atomic E-state index is 0.0120. The summed E-state index contributed by atoms with van der Waals surface area (Å²) in [5.41, 5.74) is 5.93. The van der Waals surface area contributed by atoms with Crippen LogP contribution in [0.5, 0.6) is 0 Å². The molecule has 1 amide bonds. The van der Waals surface area contributed by atoms with E-state index >= 15 is 0 Å². The number of nitrogens with one attached hydrogen (secondary N) is 1. The Balaban J connectivity index is 2.38. The third kappa shape index (κ3) is 6.91. The molecule has 1 aromatic rings. The average Bonchev–Trinajstić information content (AvgIpc) is 2.45. The fraction of sp³-hybridized carbons (Fsp3) is 0.500. The van der Waals surface area contributed by atoms with E-state index in [1.807, 2.05) is 6.07 Å². The highest BCUT2D eigenvalue weighted by molar-refractivity contribution is 5.89. The van der Waals surface area contributed by atoms with E-state index in [1.165, 1.54) is 19.3 Å². The van der Waals surface area contributed by atoms with Crippen LogP contribution in [0.1, 0.15) is 51.1 Å². The Kier molecular flexibility index (Phi) is 8.09. The van der Waals surface area contributed by atoms with Gasteiger partial charge in [-0.15, -0.1) is 0 Å². The summed E-state index contributed by atoms with van der Waals surface area (Å²) in [5, 5.41) is 2.80. The molecule has 4 heteroatoms. The number of hydrogen-bond acceptors (Lipinski definition) is 3. The second-order valence-electron chi connectivity index (χ2n) is 4.63. The zero-order valence-electron chi connectivity index (χ0n) is 12.1. The lowest BCUT2D eigenvalue weighted by Crippen LogP contribution is -2.12. The van der Waals surface area contributed by atoms with Crippen molar-refractivity contribution in [3.05, 3.63) is 23.9 Å². The molecule has 0 saturated carbocycles. The van der Waals surface area contributed by atoms with Crippen LogP contribution in [-0.4, -0.2) is 17.4 Å². The summed E-state index contributed by atoms with van der Waals surface area (Å²) in [5.74, 6) is 6.15. The first-order valence-corrected chi connectivity index (χ1v) is 7.22. The van der Waals surface area contributed by atoms with Gasteiger partial charge in [-0.3, -0.25) is 4.79 Å². The van der Waals surface area contributed by atoms with Crippen LogP contribution >= 0.6 is 0 Å². The highest BCUT2D eigenvalue weighted by Crippen LogP contribution is 2.08. The molecule has 0 aromatic carbocycles. The first kappa shape index (κ1) is 16.2. The smallest absolute Gasteiger partial charge is 0.225 e. The van der Waals surface area contributed by atoms with Crippen LogP contribution in [0.2, 0.25) is 0 Å². The van der Waals surface area contributed by atoms with Gasteiger partial charge >= 0.3 is 0 Å². The van der Waals surface area contributed by atoms with Crippen LogP contribution in [0, 0.1) is 11.8 Å². The molecule has 4 nitrogen and oxygen atoms in total. The summed E-state index contributed by atoms with van der Waals surface area (Å²) in [4.78, 5) is 16.0. The molecule has 1 rings (SSSR count). The largest absolute Gasteiger partial charge is 0.320 e. The molecule has 3 N–H and O–H groups in total. The van der Waals surface area contributed by atoms with Gasteiger partial charge in [0.25, 0.3) is 0 Å². The fourth-order valence-electron chi connectivity index (χ4n) is 1.81. The molecule has 1 heterocycles. The first-order valence-electron chi connectivity index (χ1n) is 7.22. The molecule has 0 bridgehead atoms. The minimum Gasteiger partial charge on any atom is -0.320 e. The van der Waals surface area contributed by atoms with Crippen molar-refractivity contribution in [2.45, 2.75) is 45.4 Å². The number of nitrogens with two attached hydrogens (primary N) is 1. The number of carbonyl (C=O) groups excluding carboxylic acids is 1. The van der Waals surface area contributed by atoms with E-state index in [1.54, 1.807) is 12.1 Å². The van der Waals surface area contributed by atoms with Crippen molar-refractivity contribution in [1.29, 1.82) is 0 Å². The lowest BCUT2D eigenvalue weighted by atomic mass is 10.1. The van der Waals surface area contributed by atoms with Crippen molar-refractivity contribution in [2.24, 2.45) is 5.73 Å². The molecular formula is C16H23N3O. The van der Waals surface area contributed by atoms with Crippen molar-refractivity contribution in [1.82, 2.24) is 4.98 Å². The molecule has 0 atom stereocenters. The Labute approximate surface area is 121 Å². The van der Waals surface area contributed by atoms with Gasteiger partial charge in [-0.1, -0.05) is 44.6 Å². The van der Waals surface area contributed by atoms with Crippen LogP contribution in [-0.2, 0) is 4.79 Å². The predicted octanol–water partition coefficient (Wildman–Crippen LogP) is 2.69. The topological polar surface area (TPSA) is 68.0 Å². The molecule has 0 radical (unpaired) electrons. The van der Waals surface area contributed by atoms with Gasteiger partial charge in [0.15, 0.2) is 0 Å². The second kappa shape index (κ2) is 9.99. The third-order valence-corrected chi connectivity index (χ3v) is 2.84. The Morgan fingerprint density at radius 3 is 2.85 bits per heavy atom. The van der Waals surface area contributed by atoms with Gasteiger partial charge in [0, 0.05) is 6.42 Å². The number of nitrogens with zero attached hydrogens (tertiary/aromatic N) is 1. The number of rotatable bonds is 7. The van der Waals surface area contributed by atoms with E-state index in [0.29, 0.717) is 24.5 Å². The molecule has 20 heavy (non-hydrogen) atoms. The Morgan fingerprint density at radius 1 is 1.30 bits per heavy atom. The number of unbranched alkanes of at least 4 members (excludes halogenated alkanes) is 4. The van der Waals surface area contributed by atoms with Crippen molar-refractivity contribution in [3.63, 3.8) is 0 Å². The summed E-state index contributed by atoms with van der Waals surface area (Å²) in [6, 6.07) is 5.38. The first-order chi connectivity index (χ1) is 9.76. The van der Waals surface area contributed by atoms with Crippen LogP contribution in [0.25, 0.3) is 0 Å². The number of aromatic nitrogens is 1. The van der Waals surface area contributed by atoms with Gasteiger partial charge < -0.3 is 11.1 Å². The van der Waals surface area contributed by atoms with Gasteiger partial charge in [-0.25, -0.2) is 4.98 Å². The monoisotopic (exact) mass is 273 g/mol. The molecule has 0 aliphatic heterocycles. The minimum absolute atomic E-state index is 0.0120. The third-order valence-electron chi connectivity index (χ3n) is 2.84. The van der Waals surface area contributed by atoms with Crippen LogP contribution in [0.3, 0.4) is 0 Å². The van der Waals surface area contributed by atoms with Crippen LogP contribution < -0.4 is 11.1 Å². The standard InChI is InChI=1S/C16H23N3O/c1-2-3-4-5-6-12-16(20)19-15-11-7-9-14(18-15)10-8-13-17/h7,9,11H,2-6,12-13,17H2,1H3,(H,18,19,20). The van der Waals surface area contributed by atoms with E-state index in [4.69, 9.17) is 5.73 Å². The maximum absolute atomic E-state index is 11.8. The lowest BCUT2D eigenvalue weighted by Gasteiger charge is -2.04. The molecule has 108 valence electrons. The predicted molar refractivity (Wildman–Crippen MR) is 82.2 cm³/mol. The Hall–Kier alpha value is -1.86. The molecule has 0 unspecified atom stereocenters. The number of pyridine rings is 1. The molecule has 0 aliphatic rings. The van der Waals surface area contributed by atoms with Crippen LogP contribution in [0.4, 0.5) is 5.82 Å². The van der Waals surface area contributed by atoms with Gasteiger partial charge in [0.2, 0.25) is 5.91 Å². The zero-order chi connectivity index (χ0) is 14.6. The highest BCUT2D eigenvalue weighted by Gasteiger charge is 2.03.